The lowest BCUT2D eigenvalue weighted by Crippen LogP contribution is -2.34. The summed E-state index contributed by atoms with van der Waals surface area (Å²) < 4.78 is 5.01. The van der Waals surface area contributed by atoms with Crippen LogP contribution in [0.5, 0.6) is 0 Å². The first kappa shape index (κ1) is 17.4. The van der Waals surface area contributed by atoms with Gasteiger partial charge < -0.3 is 20.3 Å². The molecule has 0 aromatic carbocycles. The van der Waals surface area contributed by atoms with Gasteiger partial charge in [0.15, 0.2) is 0 Å². The SMILES string of the molecule is CCCNc1cccc(C(=O)NCCN(C)CCOC)n1. The van der Waals surface area contributed by atoms with Crippen LogP contribution >= 0.6 is 0 Å². The molecule has 1 heterocycles. The van der Waals surface area contributed by atoms with Crippen LogP contribution in [-0.4, -0.2) is 62.7 Å². The monoisotopic (exact) mass is 294 g/mol. The van der Waals surface area contributed by atoms with Crippen LogP contribution in [0.3, 0.4) is 0 Å². The van der Waals surface area contributed by atoms with Crippen molar-refractivity contribution >= 4 is 11.7 Å². The van der Waals surface area contributed by atoms with E-state index in [0.29, 0.717) is 18.8 Å². The molecule has 0 spiro atoms. The number of rotatable bonds is 10. The fourth-order valence-corrected chi connectivity index (χ4v) is 1.72. The van der Waals surface area contributed by atoms with Gasteiger partial charge in [0.25, 0.3) is 5.91 Å². The molecule has 6 nitrogen and oxygen atoms in total. The number of pyridine rings is 1. The van der Waals surface area contributed by atoms with Gasteiger partial charge in [0.05, 0.1) is 6.61 Å². The van der Waals surface area contributed by atoms with Gasteiger partial charge in [0.1, 0.15) is 11.5 Å². The maximum atomic E-state index is 12.0. The number of anilines is 1. The van der Waals surface area contributed by atoms with Crippen LogP contribution in [0.15, 0.2) is 18.2 Å². The maximum Gasteiger partial charge on any atom is 0.270 e. The number of amides is 1. The quantitative estimate of drug-likeness (QED) is 0.679. The Kier molecular flexibility index (Phi) is 8.38. The molecule has 118 valence electrons. The fourth-order valence-electron chi connectivity index (χ4n) is 1.72. The van der Waals surface area contributed by atoms with Crippen molar-refractivity contribution in [3.63, 3.8) is 0 Å². The Morgan fingerprint density at radius 2 is 2.14 bits per heavy atom. The van der Waals surface area contributed by atoms with Crippen LogP contribution in [0.1, 0.15) is 23.8 Å². The number of hydrogen-bond donors (Lipinski definition) is 2. The largest absolute Gasteiger partial charge is 0.383 e. The molecule has 2 N–H and O–H groups in total. The third-order valence-electron chi connectivity index (χ3n) is 2.99. The molecule has 1 rings (SSSR count). The Morgan fingerprint density at radius 1 is 1.33 bits per heavy atom. The van der Waals surface area contributed by atoms with Gasteiger partial charge in [0, 0.05) is 33.3 Å². The van der Waals surface area contributed by atoms with Gasteiger partial charge in [-0.05, 0) is 25.6 Å². The van der Waals surface area contributed by atoms with Crippen LogP contribution in [0, 0.1) is 0 Å². The average Bonchev–Trinajstić information content (AvgIpc) is 2.51. The summed E-state index contributed by atoms with van der Waals surface area (Å²) in [6, 6.07) is 5.43. The second-order valence-electron chi connectivity index (χ2n) is 4.89. The summed E-state index contributed by atoms with van der Waals surface area (Å²) in [4.78, 5) is 18.4. The molecule has 0 aliphatic rings. The van der Waals surface area contributed by atoms with Crippen LogP contribution < -0.4 is 10.6 Å². The average molecular weight is 294 g/mol. The number of ether oxygens (including phenoxy) is 1. The van der Waals surface area contributed by atoms with Gasteiger partial charge in [-0.15, -0.1) is 0 Å². The van der Waals surface area contributed by atoms with E-state index in [9.17, 15) is 4.79 Å². The highest BCUT2D eigenvalue weighted by Crippen LogP contribution is 2.04. The number of carbonyl (C=O) groups is 1. The van der Waals surface area contributed by atoms with Gasteiger partial charge in [-0.25, -0.2) is 4.98 Å². The topological polar surface area (TPSA) is 66.5 Å². The summed E-state index contributed by atoms with van der Waals surface area (Å²) in [5.41, 5.74) is 0.440. The molecule has 1 amide bonds. The lowest BCUT2D eigenvalue weighted by atomic mass is 10.3. The molecule has 0 saturated heterocycles. The number of nitrogens with zero attached hydrogens (tertiary/aromatic N) is 2. The molecular formula is C15H26N4O2. The lowest BCUT2D eigenvalue weighted by molar-refractivity contribution is 0.0942. The zero-order chi connectivity index (χ0) is 15.5. The number of aromatic nitrogens is 1. The standard InChI is InChI=1S/C15H26N4O2/c1-4-8-16-14-7-5-6-13(18-14)15(20)17-9-10-19(2)11-12-21-3/h5-7H,4,8-12H2,1-3H3,(H,16,18)(H,17,20). The molecule has 0 unspecified atom stereocenters. The third-order valence-corrected chi connectivity index (χ3v) is 2.99. The van der Waals surface area contributed by atoms with Crippen LogP contribution in [0.4, 0.5) is 5.82 Å². The van der Waals surface area contributed by atoms with Crippen molar-refractivity contribution in [3.8, 4) is 0 Å². The Labute approximate surface area is 126 Å². The first-order valence-electron chi connectivity index (χ1n) is 7.34. The minimum atomic E-state index is -0.143. The second-order valence-corrected chi connectivity index (χ2v) is 4.89. The zero-order valence-electron chi connectivity index (χ0n) is 13.2. The Hall–Kier alpha value is -1.66. The predicted octanol–water partition coefficient (Wildman–Crippen LogP) is 1.21. The molecular weight excluding hydrogens is 268 g/mol. The van der Waals surface area contributed by atoms with Gasteiger partial charge in [0.2, 0.25) is 0 Å². The number of hydrogen-bond acceptors (Lipinski definition) is 5. The van der Waals surface area contributed by atoms with E-state index < -0.39 is 0 Å². The van der Waals surface area contributed by atoms with Gasteiger partial charge in [-0.1, -0.05) is 13.0 Å². The Bertz CT molecular complexity index is 426. The van der Waals surface area contributed by atoms with Crippen molar-refractivity contribution in [2.75, 3.05) is 52.3 Å². The molecule has 0 bridgehead atoms. The molecule has 0 saturated carbocycles. The normalized spacial score (nSPS) is 10.7. The van der Waals surface area contributed by atoms with Gasteiger partial charge in [-0.3, -0.25) is 4.79 Å². The highest BCUT2D eigenvalue weighted by molar-refractivity contribution is 5.92. The molecule has 0 radical (unpaired) electrons. The first-order valence-corrected chi connectivity index (χ1v) is 7.34. The number of likely N-dealkylation sites (N-methyl/N-ethyl adjacent to an activating group) is 1. The highest BCUT2D eigenvalue weighted by atomic mass is 16.5. The van der Waals surface area contributed by atoms with Crippen molar-refractivity contribution in [1.82, 2.24) is 15.2 Å². The Balaban J connectivity index is 2.37. The lowest BCUT2D eigenvalue weighted by Gasteiger charge is -2.16. The van der Waals surface area contributed by atoms with Gasteiger partial charge in [-0.2, -0.15) is 0 Å². The van der Waals surface area contributed by atoms with Crippen LogP contribution in [0.2, 0.25) is 0 Å². The summed E-state index contributed by atoms with van der Waals surface area (Å²) in [5, 5.41) is 6.05. The summed E-state index contributed by atoms with van der Waals surface area (Å²) >= 11 is 0. The third kappa shape index (κ3) is 7.06. The summed E-state index contributed by atoms with van der Waals surface area (Å²) in [6.45, 7) is 5.85. The van der Waals surface area contributed by atoms with Crippen LogP contribution in [0.25, 0.3) is 0 Å². The minimum Gasteiger partial charge on any atom is -0.383 e. The predicted molar refractivity (Wildman–Crippen MR) is 84.7 cm³/mol. The van der Waals surface area contributed by atoms with E-state index in [1.807, 2.05) is 19.2 Å². The van der Waals surface area contributed by atoms with E-state index in [4.69, 9.17) is 4.74 Å². The fraction of sp³-hybridized carbons (Fsp3) is 0.600. The van der Waals surface area contributed by atoms with Crippen molar-refractivity contribution in [1.29, 1.82) is 0 Å². The van der Waals surface area contributed by atoms with Crippen molar-refractivity contribution in [2.24, 2.45) is 0 Å². The molecule has 1 aromatic rings. The summed E-state index contributed by atoms with van der Waals surface area (Å²) in [7, 11) is 3.68. The molecule has 0 aliphatic carbocycles. The summed E-state index contributed by atoms with van der Waals surface area (Å²) in [6.07, 6.45) is 1.02. The molecule has 6 heteroatoms. The van der Waals surface area contributed by atoms with E-state index >= 15 is 0 Å². The highest BCUT2D eigenvalue weighted by Gasteiger charge is 2.07. The smallest absolute Gasteiger partial charge is 0.270 e. The second kappa shape index (κ2) is 10.1. The molecule has 0 aliphatic heterocycles. The van der Waals surface area contributed by atoms with Crippen molar-refractivity contribution in [2.45, 2.75) is 13.3 Å². The minimum absolute atomic E-state index is 0.143. The molecule has 1 aromatic heterocycles. The van der Waals surface area contributed by atoms with E-state index in [0.717, 1.165) is 31.9 Å². The number of nitrogens with one attached hydrogen (secondary N) is 2. The number of carbonyl (C=O) groups excluding carboxylic acids is 1. The first-order chi connectivity index (χ1) is 10.2. The maximum absolute atomic E-state index is 12.0. The number of methoxy groups -OCH3 is 1. The zero-order valence-corrected chi connectivity index (χ0v) is 13.2. The van der Waals surface area contributed by atoms with Crippen molar-refractivity contribution in [3.05, 3.63) is 23.9 Å². The van der Waals surface area contributed by atoms with Gasteiger partial charge >= 0.3 is 0 Å². The van der Waals surface area contributed by atoms with E-state index in [1.165, 1.54) is 0 Å². The molecule has 21 heavy (non-hydrogen) atoms. The van der Waals surface area contributed by atoms with Crippen LogP contribution in [-0.2, 0) is 4.74 Å². The van der Waals surface area contributed by atoms with E-state index in [-0.39, 0.29) is 5.91 Å². The van der Waals surface area contributed by atoms with E-state index in [1.54, 1.807) is 13.2 Å². The van der Waals surface area contributed by atoms with Crippen molar-refractivity contribution < 1.29 is 9.53 Å². The Morgan fingerprint density at radius 3 is 2.86 bits per heavy atom. The summed E-state index contributed by atoms with van der Waals surface area (Å²) in [5.74, 6) is 0.594. The molecule has 0 atom stereocenters. The molecule has 0 fully saturated rings. The van der Waals surface area contributed by atoms with E-state index in [2.05, 4.69) is 27.4 Å².